The zero-order valence-electron chi connectivity index (χ0n) is 19.2. The highest BCUT2D eigenvalue weighted by molar-refractivity contribution is 5.99. The molecule has 2 rings (SSSR count). The minimum atomic E-state index is -0.449. The number of methoxy groups -OCH3 is 1. The summed E-state index contributed by atoms with van der Waals surface area (Å²) in [6.07, 6.45) is -0.0188. The number of ether oxygens (including phenoxy) is 2. The molecule has 0 saturated carbocycles. The number of hydrogen-bond donors (Lipinski definition) is 2. The second-order valence-electron chi connectivity index (χ2n) is 7.79. The average Bonchev–Trinajstić information content (AvgIpc) is 2.75. The van der Waals surface area contributed by atoms with E-state index in [-0.39, 0.29) is 12.0 Å². The van der Waals surface area contributed by atoms with E-state index in [9.17, 15) is 9.59 Å². The molecule has 0 fully saturated rings. The van der Waals surface area contributed by atoms with Crippen LogP contribution < -0.4 is 20.3 Å². The monoisotopic (exact) mass is 427 g/mol. The maximum atomic E-state index is 12.4. The minimum Gasteiger partial charge on any atom is -0.493 e. The SMILES string of the molecule is CCN(Cc1ccc(C(=O)NNC(=O)c2ccc(OC(C)C)c(OC)c2)cc1)C(C)C. The molecule has 0 bridgehead atoms. The number of benzene rings is 2. The second kappa shape index (κ2) is 11.4. The molecule has 0 aliphatic carbocycles. The number of carbonyl (C=O) groups is 2. The van der Waals surface area contributed by atoms with E-state index in [2.05, 4.69) is 36.5 Å². The summed E-state index contributed by atoms with van der Waals surface area (Å²) in [5, 5.41) is 0. The van der Waals surface area contributed by atoms with Crippen molar-refractivity contribution in [2.45, 2.75) is 53.3 Å². The van der Waals surface area contributed by atoms with Gasteiger partial charge < -0.3 is 9.47 Å². The highest BCUT2D eigenvalue weighted by atomic mass is 16.5. The second-order valence-corrected chi connectivity index (χ2v) is 7.79. The van der Waals surface area contributed by atoms with Gasteiger partial charge in [-0.15, -0.1) is 0 Å². The Morgan fingerprint density at radius 1 is 0.903 bits per heavy atom. The summed E-state index contributed by atoms with van der Waals surface area (Å²) in [5.41, 5.74) is 6.83. The molecule has 0 heterocycles. The Balaban J connectivity index is 1.97. The molecule has 0 atom stereocenters. The van der Waals surface area contributed by atoms with Gasteiger partial charge in [0.25, 0.3) is 11.8 Å². The van der Waals surface area contributed by atoms with E-state index in [0.717, 1.165) is 18.7 Å². The highest BCUT2D eigenvalue weighted by Gasteiger charge is 2.14. The third-order valence-corrected chi connectivity index (χ3v) is 4.82. The maximum absolute atomic E-state index is 12.4. The highest BCUT2D eigenvalue weighted by Crippen LogP contribution is 2.28. The van der Waals surface area contributed by atoms with Crippen molar-refractivity contribution in [2.75, 3.05) is 13.7 Å². The molecule has 2 amide bonds. The van der Waals surface area contributed by atoms with Crippen LogP contribution >= 0.6 is 0 Å². The van der Waals surface area contributed by atoms with E-state index < -0.39 is 5.91 Å². The average molecular weight is 428 g/mol. The molecule has 31 heavy (non-hydrogen) atoms. The Morgan fingerprint density at radius 3 is 2.00 bits per heavy atom. The van der Waals surface area contributed by atoms with E-state index in [4.69, 9.17) is 9.47 Å². The smallest absolute Gasteiger partial charge is 0.269 e. The van der Waals surface area contributed by atoms with E-state index >= 15 is 0 Å². The van der Waals surface area contributed by atoms with Gasteiger partial charge in [-0.25, -0.2) is 0 Å². The molecule has 2 N–H and O–H groups in total. The predicted octanol–water partition coefficient (Wildman–Crippen LogP) is 3.79. The summed E-state index contributed by atoms with van der Waals surface area (Å²) in [7, 11) is 1.51. The number of carbonyl (C=O) groups excluding carboxylic acids is 2. The molecule has 0 aliphatic heterocycles. The summed E-state index contributed by atoms with van der Waals surface area (Å²) in [6, 6.07) is 12.7. The Labute approximate surface area is 184 Å². The number of nitrogens with zero attached hydrogens (tertiary/aromatic N) is 1. The van der Waals surface area contributed by atoms with Gasteiger partial charge in [-0.05, 0) is 70.1 Å². The molecule has 2 aromatic carbocycles. The van der Waals surface area contributed by atoms with Crippen LogP contribution in [-0.4, -0.2) is 42.5 Å². The van der Waals surface area contributed by atoms with Crippen LogP contribution in [-0.2, 0) is 6.54 Å². The first-order valence-electron chi connectivity index (χ1n) is 10.5. The third-order valence-electron chi connectivity index (χ3n) is 4.82. The summed E-state index contributed by atoms with van der Waals surface area (Å²) in [6.45, 7) is 12.1. The van der Waals surface area contributed by atoms with Crippen LogP contribution in [0.3, 0.4) is 0 Å². The molecule has 2 aromatic rings. The Bertz CT molecular complexity index is 879. The van der Waals surface area contributed by atoms with Gasteiger partial charge in [0.05, 0.1) is 13.2 Å². The van der Waals surface area contributed by atoms with Crippen molar-refractivity contribution in [3.63, 3.8) is 0 Å². The molecule has 168 valence electrons. The first-order valence-corrected chi connectivity index (χ1v) is 10.5. The lowest BCUT2D eigenvalue weighted by Gasteiger charge is -2.24. The zero-order chi connectivity index (χ0) is 23.0. The van der Waals surface area contributed by atoms with Crippen LogP contribution in [0.25, 0.3) is 0 Å². The van der Waals surface area contributed by atoms with E-state index in [1.807, 2.05) is 26.0 Å². The van der Waals surface area contributed by atoms with Crippen molar-refractivity contribution in [1.29, 1.82) is 0 Å². The molecular formula is C24H33N3O4. The minimum absolute atomic E-state index is 0.0188. The standard InChI is InChI=1S/C24H33N3O4/c1-7-27(16(2)3)15-18-8-10-19(11-9-18)23(28)25-26-24(29)20-12-13-21(31-17(4)5)22(14-20)30-6/h8-14,16-17H,7,15H2,1-6H3,(H,25,28)(H,26,29). The van der Waals surface area contributed by atoms with Gasteiger partial charge in [-0.2, -0.15) is 0 Å². The lowest BCUT2D eigenvalue weighted by atomic mass is 10.1. The molecule has 7 nitrogen and oxygen atoms in total. The largest absolute Gasteiger partial charge is 0.493 e. The lowest BCUT2D eigenvalue weighted by molar-refractivity contribution is 0.0846. The molecule has 0 radical (unpaired) electrons. The fourth-order valence-corrected chi connectivity index (χ4v) is 3.07. The zero-order valence-corrected chi connectivity index (χ0v) is 19.2. The van der Waals surface area contributed by atoms with E-state index in [1.54, 1.807) is 30.3 Å². The molecule has 0 unspecified atom stereocenters. The summed E-state index contributed by atoms with van der Waals surface area (Å²) < 4.78 is 10.9. The van der Waals surface area contributed by atoms with Gasteiger partial charge >= 0.3 is 0 Å². The van der Waals surface area contributed by atoms with Crippen LogP contribution in [0.15, 0.2) is 42.5 Å². The van der Waals surface area contributed by atoms with Crippen molar-refractivity contribution in [3.8, 4) is 11.5 Å². The molecule has 7 heteroatoms. The van der Waals surface area contributed by atoms with Crippen molar-refractivity contribution in [2.24, 2.45) is 0 Å². The van der Waals surface area contributed by atoms with E-state index in [0.29, 0.717) is 28.7 Å². The topological polar surface area (TPSA) is 79.9 Å². The third kappa shape index (κ3) is 7.00. The van der Waals surface area contributed by atoms with Crippen LogP contribution in [0, 0.1) is 0 Å². The van der Waals surface area contributed by atoms with Crippen molar-refractivity contribution in [3.05, 3.63) is 59.2 Å². The fourth-order valence-electron chi connectivity index (χ4n) is 3.07. The summed E-state index contributed by atoms with van der Waals surface area (Å²) in [4.78, 5) is 27.2. The molecule has 0 saturated heterocycles. The maximum Gasteiger partial charge on any atom is 0.269 e. The number of hydrogen-bond acceptors (Lipinski definition) is 5. The molecule has 0 aromatic heterocycles. The van der Waals surface area contributed by atoms with Gasteiger partial charge in [0.2, 0.25) is 0 Å². The quantitative estimate of drug-likeness (QED) is 0.595. The van der Waals surface area contributed by atoms with Gasteiger partial charge in [-0.1, -0.05) is 19.1 Å². The summed E-state index contributed by atoms with van der Waals surface area (Å²) in [5.74, 6) is 0.167. The van der Waals surface area contributed by atoms with Crippen LogP contribution in [0.5, 0.6) is 11.5 Å². The first-order chi connectivity index (χ1) is 14.7. The van der Waals surface area contributed by atoms with Crippen LogP contribution in [0.4, 0.5) is 0 Å². The molecule has 0 spiro atoms. The molecule has 0 aliphatic rings. The molecular weight excluding hydrogens is 394 g/mol. The van der Waals surface area contributed by atoms with Crippen molar-refractivity contribution >= 4 is 11.8 Å². The van der Waals surface area contributed by atoms with Gasteiger partial charge in [-0.3, -0.25) is 25.3 Å². The van der Waals surface area contributed by atoms with Crippen LogP contribution in [0.1, 0.15) is 60.9 Å². The van der Waals surface area contributed by atoms with Crippen LogP contribution in [0.2, 0.25) is 0 Å². The van der Waals surface area contributed by atoms with E-state index in [1.165, 1.54) is 7.11 Å². The van der Waals surface area contributed by atoms with Gasteiger partial charge in [0, 0.05) is 23.7 Å². The number of nitrogens with one attached hydrogen (secondary N) is 2. The van der Waals surface area contributed by atoms with Crippen molar-refractivity contribution in [1.82, 2.24) is 15.8 Å². The lowest BCUT2D eigenvalue weighted by Crippen LogP contribution is -2.41. The van der Waals surface area contributed by atoms with Gasteiger partial charge in [0.15, 0.2) is 11.5 Å². The number of rotatable bonds is 9. The normalized spacial score (nSPS) is 11.0. The van der Waals surface area contributed by atoms with Gasteiger partial charge in [0.1, 0.15) is 0 Å². The number of hydrazine groups is 1. The number of amides is 2. The Kier molecular flexibility index (Phi) is 8.88. The predicted molar refractivity (Wildman–Crippen MR) is 121 cm³/mol. The fraction of sp³-hybridized carbons (Fsp3) is 0.417. The van der Waals surface area contributed by atoms with Crippen molar-refractivity contribution < 1.29 is 19.1 Å². The first kappa shape index (κ1) is 24.2. The summed E-state index contributed by atoms with van der Waals surface area (Å²) >= 11 is 0. The Morgan fingerprint density at radius 2 is 1.48 bits per heavy atom. The Hall–Kier alpha value is -3.06.